The topological polar surface area (TPSA) is 38.7 Å². The number of rotatable bonds is 4. The van der Waals surface area contributed by atoms with Crippen LogP contribution in [0.25, 0.3) is 98.5 Å². The minimum Gasteiger partial charge on any atom is -0.208 e. The van der Waals surface area contributed by atoms with Gasteiger partial charge in [0.05, 0.1) is 0 Å². The Morgan fingerprint density at radius 2 is 0.830 bits per heavy atom. The van der Waals surface area contributed by atoms with E-state index < -0.39 is 0 Å². The fourth-order valence-electron chi connectivity index (χ4n) is 7.16. The Labute approximate surface area is 275 Å². The summed E-state index contributed by atoms with van der Waals surface area (Å²) in [5.41, 5.74) is 10.6. The summed E-state index contributed by atoms with van der Waals surface area (Å²) in [4.78, 5) is 14.7. The summed E-state index contributed by atoms with van der Waals surface area (Å²) in [5.74, 6) is 1.99. The van der Waals surface area contributed by atoms with Crippen LogP contribution in [-0.2, 0) is 0 Å². The van der Waals surface area contributed by atoms with Crippen molar-refractivity contribution in [2.45, 2.75) is 0 Å². The second-order valence-electron chi connectivity index (χ2n) is 12.0. The van der Waals surface area contributed by atoms with Crippen LogP contribution in [-0.4, -0.2) is 15.0 Å². The predicted octanol–water partition coefficient (Wildman–Crippen LogP) is 11.7. The average Bonchev–Trinajstić information content (AvgIpc) is 3.69. The molecule has 0 saturated heterocycles. The van der Waals surface area contributed by atoms with E-state index in [1.807, 2.05) is 72.0 Å². The van der Waals surface area contributed by atoms with Gasteiger partial charge in [0.1, 0.15) is 0 Å². The molecule has 218 valence electrons. The van der Waals surface area contributed by atoms with E-state index >= 15 is 0 Å². The molecule has 1 aliphatic rings. The third-order valence-corrected chi connectivity index (χ3v) is 10.4. The maximum atomic E-state index is 4.94. The van der Waals surface area contributed by atoms with Gasteiger partial charge in [0.2, 0.25) is 0 Å². The first kappa shape index (κ1) is 26.3. The minimum atomic E-state index is 0.660. The number of hydrogen-bond donors (Lipinski definition) is 0. The maximum absolute atomic E-state index is 4.94. The van der Waals surface area contributed by atoms with Crippen LogP contribution in [0.1, 0.15) is 0 Å². The molecule has 0 N–H and O–H groups in total. The van der Waals surface area contributed by atoms with E-state index in [0.717, 1.165) is 16.7 Å². The van der Waals surface area contributed by atoms with Gasteiger partial charge in [-0.2, -0.15) is 0 Å². The Morgan fingerprint density at radius 1 is 0.319 bits per heavy atom. The molecule has 47 heavy (non-hydrogen) atoms. The Morgan fingerprint density at radius 3 is 1.49 bits per heavy atom. The van der Waals surface area contributed by atoms with Gasteiger partial charge in [0, 0.05) is 36.9 Å². The standard InChI is InChI=1S/C43H25N3S/c1-3-11-27(12-4-1)41-44-42(28-13-5-2-6-14-28)46-43(45-41)29-23-21-26(22-24-29)30-17-10-20-36-39(30)40-34-19-9-18-33-31-15-7-8-16-32(31)35(38(33)34)25-37(40)47-36/h1-25H. The monoisotopic (exact) mass is 615 g/mol. The van der Waals surface area contributed by atoms with Crippen LogP contribution < -0.4 is 0 Å². The van der Waals surface area contributed by atoms with Gasteiger partial charge >= 0.3 is 0 Å². The second-order valence-corrected chi connectivity index (χ2v) is 13.1. The number of hydrogen-bond acceptors (Lipinski definition) is 4. The minimum absolute atomic E-state index is 0.660. The number of benzene rings is 7. The van der Waals surface area contributed by atoms with Crippen LogP contribution in [0.4, 0.5) is 0 Å². The molecule has 0 unspecified atom stereocenters. The summed E-state index contributed by atoms with van der Waals surface area (Å²) in [6.45, 7) is 0. The fourth-order valence-corrected chi connectivity index (χ4v) is 8.35. The third kappa shape index (κ3) is 4.09. The van der Waals surface area contributed by atoms with Gasteiger partial charge in [-0.3, -0.25) is 0 Å². The molecule has 3 nitrogen and oxygen atoms in total. The van der Waals surface area contributed by atoms with Gasteiger partial charge in [-0.25, -0.2) is 15.0 Å². The molecule has 10 rings (SSSR count). The first-order chi connectivity index (χ1) is 23.3. The van der Waals surface area contributed by atoms with Gasteiger partial charge in [0.15, 0.2) is 17.5 Å². The van der Waals surface area contributed by atoms with E-state index in [0.29, 0.717) is 17.5 Å². The molecule has 0 atom stereocenters. The van der Waals surface area contributed by atoms with Crippen molar-refractivity contribution >= 4 is 42.3 Å². The lowest BCUT2D eigenvalue weighted by Gasteiger charge is -2.10. The van der Waals surface area contributed by atoms with Crippen molar-refractivity contribution in [1.29, 1.82) is 0 Å². The van der Waals surface area contributed by atoms with Crippen molar-refractivity contribution in [2.75, 3.05) is 0 Å². The van der Waals surface area contributed by atoms with Crippen LogP contribution in [0.3, 0.4) is 0 Å². The molecule has 2 heterocycles. The Balaban J connectivity index is 1.13. The number of thiophene rings is 1. The lowest BCUT2D eigenvalue weighted by atomic mass is 9.94. The molecule has 0 aliphatic heterocycles. The summed E-state index contributed by atoms with van der Waals surface area (Å²) >= 11 is 1.88. The van der Waals surface area contributed by atoms with Crippen molar-refractivity contribution in [2.24, 2.45) is 0 Å². The van der Waals surface area contributed by atoms with Gasteiger partial charge < -0.3 is 0 Å². The lowest BCUT2D eigenvalue weighted by Crippen LogP contribution is -2.00. The predicted molar refractivity (Wildman–Crippen MR) is 196 cm³/mol. The molecular weight excluding hydrogens is 591 g/mol. The fraction of sp³-hybridized carbons (Fsp3) is 0. The molecule has 0 radical (unpaired) electrons. The first-order valence-electron chi connectivity index (χ1n) is 15.8. The van der Waals surface area contributed by atoms with Crippen LogP contribution in [0.5, 0.6) is 0 Å². The molecular formula is C43H25N3S. The van der Waals surface area contributed by atoms with E-state index in [9.17, 15) is 0 Å². The van der Waals surface area contributed by atoms with Crippen LogP contribution in [0.15, 0.2) is 152 Å². The van der Waals surface area contributed by atoms with Crippen molar-refractivity contribution in [3.05, 3.63) is 152 Å². The summed E-state index contributed by atoms with van der Waals surface area (Å²) in [6, 6.07) is 53.6. The highest BCUT2D eigenvalue weighted by molar-refractivity contribution is 7.26. The van der Waals surface area contributed by atoms with E-state index in [1.54, 1.807) is 0 Å². The molecule has 4 heteroatoms. The molecule has 0 fully saturated rings. The lowest BCUT2D eigenvalue weighted by molar-refractivity contribution is 1.07. The van der Waals surface area contributed by atoms with Gasteiger partial charge in [-0.1, -0.05) is 140 Å². The zero-order valence-electron chi connectivity index (χ0n) is 25.2. The summed E-state index contributed by atoms with van der Waals surface area (Å²) in [6.07, 6.45) is 0. The average molecular weight is 616 g/mol. The van der Waals surface area contributed by atoms with Gasteiger partial charge in [-0.15, -0.1) is 11.3 Å². The zero-order valence-corrected chi connectivity index (χ0v) is 26.0. The van der Waals surface area contributed by atoms with E-state index in [4.69, 9.17) is 15.0 Å². The largest absolute Gasteiger partial charge is 0.208 e. The first-order valence-corrected chi connectivity index (χ1v) is 16.6. The quantitative estimate of drug-likeness (QED) is 0.198. The Kier molecular flexibility index (Phi) is 5.74. The molecule has 0 amide bonds. The number of nitrogens with zero attached hydrogens (tertiary/aromatic N) is 3. The maximum Gasteiger partial charge on any atom is 0.164 e. The van der Waals surface area contributed by atoms with E-state index in [-0.39, 0.29) is 0 Å². The van der Waals surface area contributed by atoms with Gasteiger partial charge in [0.25, 0.3) is 0 Å². The second kappa shape index (κ2) is 10.3. The van der Waals surface area contributed by atoms with Crippen molar-refractivity contribution in [3.8, 4) is 67.5 Å². The highest BCUT2D eigenvalue weighted by atomic mass is 32.1. The summed E-state index contributed by atoms with van der Waals surface area (Å²) < 4.78 is 2.63. The zero-order chi connectivity index (χ0) is 30.9. The Bertz CT molecular complexity index is 2600. The number of fused-ring (bicyclic) bond motifs is 7. The SMILES string of the molecule is c1ccc(-c2nc(-c3ccccc3)nc(-c3ccc(-c4cccc5sc6cc7c8c(cccc8c6c45)-c4ccccc4-7)cc3)n2)cc1. The normalized spacial score (nSPS) is 11.8. The van der Waals surface area contributed by atoms with Gasteiger partial charge in [-0.05, 0) is 56.3 Å². The van der Waals surface area contributed by atoms with Crippen LogP contribution in [0.2, 0.25) is 0 Å². The van der Waals surface area contributed by atoms with Crippen molar-refractivity contribution in [3.63, 3.8) is 0 Å². The summed E-state index contributed by atoms with van der Waals surface area (Å²) in [5, 5.41) is 5.35. The van der Waals surface area contributed by atoms with Crippen molar-refractivity contribution < 1.29 is 0 Å². The molecule has 0 bridgehead atoms. The molecule has 1 aliphatic carbocycles. The van der Waals surface area contributed by atoms with Crippen LogP contribution in [0, 0.1) is 0 Å². The molecule has 2 aromatic heterocycles. The summed E-state index contributed by atoms with van der Waals surface area (Å²) in [7, 11) is 0. The molecule has 0 saturated carbocycles. The molecule has 0 spiro atoms. The molecule has 9 aromatic rings. The van der Waals surface area contributed by atoms with Crippen molar-refractivity contribution in [1.82, 2.24) is 15.0 Å². The highest BCUT2D eigenvalue weighted by Gasteiger charge is 2.24. The van der Waals surface area contributed by atoms with E-state index in [2.05, 4.69) is 91.0 Å². The Hall–Kier alpha value is -5.97. The third-order valence-electron chi connectivity index (χ3n) is 9.28. The highest BCUT2D eigenvalue weighted by Crippen LogP contribution is 2.52. The van der Waals surface area contributed by atoms with E-state index in [1.165, 1.54) is 64.3 Å². The number of aromatic nitrogens is 3. The molecule has 7 aromatic carbocycles. The van der Waals surface area contributed by atoms with Crippen LogP contribution >= 0.6 is 11.3 Å². The smallest absolute Gasteiger partial charge is 0.164 e.